The maximum absolute atomic E-state index is 10.2. The van der Waals surface area contributed by atoms with E-state index in [2.05, 4.69) is 26.1 Å². The highest BCUT2D eigenvalue weighted by molar-refractivity contribution is 5.49. The monoisotopic (exact) mass is 225 g/mol. The first-order valence-corrected chi connectivity index (χ1v) is 6.27. The van der Waals surface area contributed by atoms with Crippen LogP contribution in [0.5, 0.6) is 0 Å². The molecule has 1 atom stereocenters. The predicted molar refractivity (Wildman–Crippen MR) is 63.3 cm³/mol. The summed E-state index contributed by atoms with van der Waals surface area (Å²) in [6.45, 7) is 8.63. The zero-order valence-electron chi connectivity index (χ0n) is 10.6. The molecule has 0 bridgehead atoms. The molecule has 1 unspecified atom stereocenters. The molecule has 0 aromatic carbocycles. The highest BCUT2D eigenvalue weighted by atomic mass is 16.5. The van der Waals surface area contributed by atoms with Gasteiger partial charge in [-0.25, -0.2) is 0 Å². The lowest BCUT2D eigenvalue weighted by Crippen LogP contribution is -2.73. The number of hydrogen-bond acceptors (Lipinski definition) is 3. The number of carbonyl (C=O) groups is 1. The Morgan fingerprint density at radius 2 is 2.12 bits per heavy atom. The molecule has 1 saturated heterocycles. The Kier molecular flexibility index (Phi) is 3.10. The Hall–Kier alpha value is -0.410. The first-order valence-electron chi connectivity index (χ1n) is 6.27. The molecule has 0 amide bonds. The number of nitrogens with one attached hydrogen (secondary N) is 1. The van der Waals surface area contributed by atoms with Crippen molar-refractivity contribution >= 4 is 6.29 Å². The van der Waals surface area contributed by atoms with Crippen molar-refractivity contribution < 1.29 is 9.53 Å². The summed E-state index contributed by atoms with van der Waals surface area (Å²) in [5.41, 5.74) is 0.829. The second-order valence-corrected chi connectivity index (χ2v) is 6.40. The molecule has 92 valence electrons. The fourth-order valence-corrected chi connectivity index (χ4v) is 3.35. The average molecular weight is 225 g/mol. The summed E-state index contributed by atoms with van der Waals surface area (Å²) in [5, 5.41) is 3.55. The topological polar surface area (TPSA) is 38.3 Å². The van der Waals surface area contributed by atoms with E-state index in [0.717, 1.165) is 12.8 Å². The number of rotatable bonds is 4. The molecule has 1 spiro atoms. The van der Waals surface area contributed by atoms with E-state index in [9.17, 15) is 4.79 Å². The zero-order chi connectivity index (χ0) is 11.8. The van der Waals surface area contributed by atoms with Gasteiger partial charge in [-0.2, -0.15) is 0 Å². The Balaban J connectivity index is 1.76. The standard InChI is InChI=1S/C13H23NO2/c1-12(2,3)11-13(9-14-11)7-10(8-13)16-6-4-5-15/h5,10-11,14H,4,6-9H2,1-3H3. The second-order valence-electron chi connectivity index (χ2n) is 6.40. The maximum atomic E-state index is 10.2. The van der Waals surface area contributed by atoms with Crippen LogP contribution in [0.1, 0.15) is 40.0 Å². The van der Waals surface area contributed by atoms with E-state index in [-0.39, 0.29) is 0 Å². The van der Waals surface area contributed by atoms with E-state index >= 15 is 0 Å². The lowest BCUT2D eigenvalue weighted by atomic mass is 9.52. The van der Waals surface area contributed by atoms with Gasteiger partial charge in [0.1, 0.15) is 6.29 Å². The molecular weight excluding hydrogens is 202 g/mol. The van der Waals surface area contributed by atoms with Gasteiger partial charge >= 0.3 is 0 Å². The molecule has 16 heavy (non-hydrogen) atoms. The summed E-state index contributed by atoms with van der Waals surface area (Å²) < 4.78 is 5.65. The van der Waals surface area contributed by atoms with Crippen molar-refractivity contribution in [3.05, 3.63) is 0 Å². The fourth-order valence-electron chi connectivity index (χ4n) is 3.35. The van der Waals surface area contributed by atoms with E-state index in [4.69, 9.17) is 4.74 Å². The number of hydrogen-bond donors (Lipinski definition) is 1. The van der Waals surface area contributed by atoms with Crippen molar-refractivity contribution in [2.75, 3.05) is 13.2 Å². The number of aldehydes is 1. The highest BCUT2D eigenvalue weighted by Gasteiger charge is 2.58. The van der Waals surface area contributed by atoms with Crippen LogP contribution in [-0.2, 0) is 9.53 Å². The molecule has 1 saturated carbocycles. The molecule has 2 aliphatic rings. The molecule has 3 heteroatoms. The van der Waals surface area contributed by atoms with Gasteiger partial charge in [-0.3, -0.25) is 0 Å². The Labute approximate surface area is 97.9 Å². The van der Waals surface area contributed by atoms with Crippen molar-refractivity contribution in [2.45, 2.75) is 52.2 Å². The van der Waals surface area contributed by atoms with Crippen LogP contribution in [0.2, 0.25) is 0 Å². The largest absolute Gasteiger partial charge is 0.378 e. The van der Waals surface area contributed by atoms with Crippen LogP contribution in [0, 0.1) is 10.8 Å². The van der Waals surface area contributed by atoms with Gasteiger partial charge in [0, 0.05) is 24.4 Å². The summed E-state index contributed by atoms with van der Waals surface area (Å²) in [7, 11) is 0. The molecule has 0 radical (unpaired) electrons. The molecule has 0 aromatic rings. The van der Waals surface area contributed by atoms with Gasteiger partial charge in [-0.1, -0.05) is 20.8 Å². The molecule has 1 aliphatic heterocycles. The van der Waals surface area contributed by atoms with Gasteiger partial charge in [0.15, 0.2) is 0 Å². The van der Waals surface area contributed by atoms with Gasteiger partial charge < -0.3 is 14.8 Å². The third-order valence-corrected chi connectivity index (χ3v) is 3.99. The molecule has 0 aromatic heterocycles. The summed E-state index contributed by atoms with van der Waals surface area (Å²) in [5.74, 6) is 0. The molecule has 3 nitrogen and oxygen atoms in total. The first kappa shape index (κ1) is 12.1. The summed E-state index contributed by atoms with van der Waals surface area (Å²) in [6.07, 6.45) is 4.19. The predicted octanol–water partition coefficient (Wildman–Crippen LogP) is 1.76. The minimum Gasteiger partial charge on any atom is -0.378 e. The molecular formula is C13H23NO2. The minimum atomic E-state index is 0.339. The number of carbonyl (C=O) groups excluding carboxylic acids is 1. The summed E-state index contributed by atoms with van der Waals surface area (Å²) in [4.78, 5) is 10.2. The van der Waals surface area contributed by atoms with Crippen molar-refractivity contribution in [1.29, 1.82) is 0 Å². The Morgan fingerprint density at radius 3 is 2.56 bits per heavy atom. The van der Waals surface area contributed by atoms with Crippen LogP contribution in [-0.4, -0.2) is 31.6 Å². The molecule has 2 fully saturated rings. The van der Waals surface area contributed by atoms with Crippen molar-refractivity contribution in [2.24, 2.45) is 10.8 Å². The molecule has 1 heterocycles. The van der Waals surface area contributed by atoms with Crippen LogP contribution >= 0.6 is 0 Å². The van der Waals surface area contributed by atoms with Crippen LogP contribution in [0.25, 0.3) is 0 Å². The van der Waals surface area contributed by atoms with E-state index in [1.165, 1.54) is 12.8 Å². The Bertz CT molecular complexity index is 264. The third-order valence-electron chi connectivity index (χ3n) is 3.99. The van der Waals surface area contributed by atoms with Gasteiger partial charge in [0.25, 0.3) is 0 Å². The van der Waals surface area contributed by atoms with Crippen molar-refractivity contribution in [3.8, 4) is 0 Å². The van der Waals surface area contributed by atoms with Gasteiger partial charge in [-0.05, 0) is 18.3 Å². The van der Waals surface area contributed by atoms with Gasteiger partial charge in [-0.15, -0.1) is 0 Å². The minimum absolute atomic E-state index is 0.339. The van der Waals surface area contributed by atoms with E-state index in [0.29, 0.717) is 36.0 Å². The maximum Gasteiger partial charge on any atom is 0.122 e. The average Bonchev–Trinajstić information content (AvgIpc) is 2.03. The third kappa shape index (κ3) is 2.03. The van der Waals surface area contributed by atoms with Crippen molar-refractivity contribution in [1.82, 2.24) is 5.32 Å². The highest BCUT2D eigenvalue weighted by Crippen LogP contribution is 2.54. The first-order chi connectivity index (χ1) is 7.48. The SMILES string of the molecule is CC(C)(C)C1NCC12CC(OCCC=O)C2. The summed E-state index contributed by atoms with van der Waals surface area (Å²) in [6, 6.07) is 0.630. The van der Waals surface area contributed by atoms with Crippen LogP contribution < -0.4 is 5.32 Å². The lowest BCUT2D eigenvalue weighted by molar-refractivity contribution is -0.151. The van der Waals surface area contributed by atoms with E-state index < -0.39 is 0 Å². The fraction of sp³-hybridized carbons (Fsp3) is 0.923. The second kappa shape index (κ2) is 4.11. The van der Waals surface area contributed by atoms with Crippen LogP contribution in [0.4, 0.5) is 0 Å². The molecule has 1 aliphatic carbocycles. The van der Waals surface area contributed by atoms with Crippen LogP contribution in [0.3, 0.4) is 0 Å². The quantitative estimate of drug-likeness (QED) is 0.585. The lowest BCUT2D eigenvalue weighted by Gasteiger charge is -2.63. The van der Waals surface area contributed by atoms with Crippen molar-refractivity contribution in [3.63, 3.8) is 0 Å². The zero-order valence-corrected chi connectivity index (χ0v) is 10.6. The van der Waals surface area contributed by atoms with E-state index in [1.807, 2.05) is 0 Å². The van der Waals surface area contributed by atoms with E-state index in [1.54, 1.807) is 0 Å². The van der Waals surface area contributed by atoms with Crippen LogP contribution in [0.15, 0.2) is 0 Å². The molecule has 1 N–H and O–H groups in total. The van der Waals surface area contributed by atoms with Gasteiger partial charge in [0.2, 0.25) is 0 Å². The van der Waals surface area contributed by atoms with Gasteiger partial charge in [0.05, 0.1) is 12.7 Å². The summed E-state index contributed by atoms with van der Waals surface area (Å²) >= 11 is 0. The number of ether oxygens (including phenoxy) is 1. The normalized spacial score (nSPS) is 37.9. The molecule has 2 rings (SSSR count). The Morgan fingerprint density at radius 1 is 1.44 bits per heavy atom. The smallest absolute Gasteiger partial charge is 0.122 e.